The molecule has 1 saturated heterocycles. The van der Waals surface area contributed by atoms with Crippen LogP contribution < -0.4 is 0 Å². The van der Waals surface area contributed by atoms with Crippen LogP contribution in [0.15, 0.2) is 0 Å². The summed E-state index contributed by atoms with van der Waals surface area (Å²) in [7, 11) is 1.30. The third-order valence-corrected chi connectivity index (χ3v) is 3.37. The van der Waals surface area contributed by atoms with Crippen molar-refractivity contribution in [2.45, 2.75) is 26.2 Å². The van der Waals surface area contributed by atoms with Gasteiger partial charge in [-0.05, 0) is 24.7 Å². The lowest BCUT2D eigenvalue weighted by Crippen LogP contribution is -1.94. The SMILES string of the molecule is CCCC1CCPC1. The van der Waals surface area contributed by atoms with Crippen LogP contribution in [0.5, 0.6) is 0 Å². The Bertz CT molecular complexity index is 55.4. The molecule has 0 amide bonds. The third-order valence-electron chi connectivity index (χ3n) is 1.86. The maximum Gasteiger partial charge on any atom is -0.0325 e. The van der Waals surface area contributed by atoms with Gasteiger partial charge in [0.15, 0.2) is 0 Å². The van der Waals surface area contributed by atoms with Gasteiger partial charge in [0.05, 0.1) is 0 Å². The summed E-state index contributed by atoms with van der Waals surface area (Å²) in [6, 6.07) is 0. The van der Waals surface area contributed by atoms with E-state index in [9.17, 15) is 0 Å². The fourth-order valence-electron chi connectivity index (χ4n) is 1.37. The largest absolute Gasteiger partial charge is 0.122 e. The second-order valence-electron chi connectivity index (χ2n) is 2.65. The standard InChI is InChI=1S/C7H15P/c1-2-3-7-4-5-8-6-7/h7-8H,2-6H2,1H3. The Kier molecular flexibility index (Phi) is 2.83. The maximum absolute atomic E-state index is 2.29. The minimum atomic E-state index is 1.12. The molecule has 0 saturated carbocycles. The topological polar surface area (TPSA) is 0 Å². The zero-order valence-electron chi connectivity index (χ0n) is 5.61. The molecule has 0 spiro atoms. The van der Waals surface area contributed by atoms with Gasteiger partial charge in [-0.15, -0.1) is 8.58 Å². The van der Waals surface area contributed by atoms with Crippen molar-refractivity contribution in [3.63, 3.8) is 0 Å². The summed E-state index contributed by atoms with van der Waals surface area (Å²) in [5, 5.41) is 0. The Morgan fingerprint density at radius 2 is 2.50 bits per heavy atom. The molecule has 1 aliphatic heterocycles. The van der Waals surface area contributed by atoms with Crippen molar-refractivity contribution in [2.75, 3.05) is 12.3 Å². The van der Waals surface area contributed by atoms with E-state index in [-0.39, 0.29) is 0 Å². The molecule has 1 heteroatoms. The Labute approximate surface area is 53.8 Å². The van der Waals surface area contributed by atoms with Gasteiger partial charge in [-0.3, -0.25) is 0 Å². The quantitative estimate of drug-likeness (QED) is 0.504. The van der Waals surface area contributed by atoms with Gasteiger partial charge >= 0.3 is 0 Å². The van der Waals surface area contributed by atoms with Gasteiger partial charge in [0.25, 0.3) is 0 Å². The van der Waals surface area contributed by atoms with Crippen LogP contribution in [0.3, 0.4) is 0 Å². The smallest absolute Gasteiger partial charge is 0.0325 e. The molecule has 0 N–H and O–H groups in total. The van der Waals surface area contributed by atoms with Crippen molar-refractivity contribution in [1.82, 2.24) is 0 Å². The lowest BCUT2D eigenvalue weighted by atomic mass is 10.0. The van der Waals surface area contributed by atoms with Crippen LogP contribution in [0.2, 0.25) is 0 Å². The van der Waals surface area contributed by atoms with Crippen LogP contribution in [0.1, 0.15) is 26.2 Å². The van der Waals surface area contributed by atoms with Crippen LogP contribution in [-0.4, -0.2) is 12.3 Å². The summed E-state index contributed by atoms with van der Waals surface area (Å²) in [6.45, 7) is 2.29. The second kappa shape index (κ2) is 3.45. The first-order valence-electron chi connectivity index (χ1n) is 3.64. The maximum atomic E-state index is 2.29. The van der Waals surface area contributed by atoms with Crippen molar-refractivity contribution >= 4 is 8.58 Å². The van der Waals surface area contributed by atoms with Crippen molar-refractivity contribution < 1.29 is 0 Å². The van der Waals surface area contributed by atoms with Crippen LogP contribution >= 0.6 is 8.58 Å². The molecule has 1 rings (SSSR count). The predicted molar refractivity (Wildman–Crippen MR) is 41.1 cm³/mol. The molecule has 0 aromatic carbocycles. The molecule has 1 aliphatic rings. The molecule has 0 nitrogen and oxygen atoms in total. The Hall–Kier alpha value is 0.430. The van der Waals surface area contributed by atoms with Crippen molar-refractivity contribution in [3.05, 3.63) is 0 Å². The molecule has 2 unspecified atom stereocenters. The molecule has 0 aromatic rings. The third kappa shape index (κ3) is 1.74. The highest BCUT2D eigenvalue weighted by molar-refractivity contribution is 7.38. The molecule has 0 aliphatic carbocycles. The molecule has 0 radical (unpaired) electrons. The van der Waals surface area contributed by atoms with Crippen molar-refractivity contribution in [2.24, 2.45) is 5.92 Å². The predicted octanol–water partition coefficient (Wildman–Crippen LogP) is 2.48. The molecule has 48 valence electrons. The summed E-state index contributed by atoms with van der Waals surface area (Å²) in [5.41, 5.74) is 0. The highest BCUT2D eigenvalue weighted by Gasteiger charge is 2.12. The number of hydrogen-bond acceptors (Lipinski definition) is 0. The van der Waals surface area contributed by atoms with Crippen molar-refractivity contribution in [3.8, 4) is 0 Å². The number of hydrogen-bond donors (Lipinski definition) is 0. The number of rotatable bonds is 2. The van der Waals surface area contributed by atoms with Gasteiger partial charge < -0.3 is 0 Å². The average molecular weight is 130 g/mol. The Balaban J connectivity index is 2.06. The van der Waals surface area contributed by atoms with E-state index in [0.717, 1.165) is 5.92 Å². The highest BCUT2D eigenvalue weighted by atomic mass is 31.1. The molecular formula is C7H15P. The van der Waals surface area contributed by atoms with E-state index in [1.807, 2.05) is 0 Å². The monoisotopic (exact) mass is 130 g/mol. The van der Waals surface area contributed by atoms with Crippen LogP contribution in [-0.2, 0) is 0 Å². The minimum absolute atomic E-state index is 1.12. The average Bonchev–Trinajstić information content (AvgIpc) is 2.19. The first kappa shape index (κ1) is 6.55. The van der Waals surface area contributed by atoms with Crippen LogP contribution in [0.25, 0.3) is 0 Å². The molecule has 1 heterocycles. The summed E-state index contributed by atoms with van der Waals surface area (Å²) < 4.78 is 0. The van der Waals surface area contributed by atoms with Crippen molar-refractivity contribution in [1.29, 1.82) is 0 Å². The summed E-state index contributed by atoms with van der Waals surface area (Å²) in [4.78, 5) is 0. The molecule has 0 aromatic heterocycles. The minimum Gasteiger partial charge on any atom is -0.122 e. The fourth-order valence-corrected chi connectivity index (χ4v) is 3.00. The van der Waals surface area contributed by atoms with Gasteiger partial charge in [0.1, 0.15) is 0 Å². The van der Waals surface area contributed by atoms with E-state index in [4.69, 9.17) is 0 Å². The van der Waals surface area contributed by atoms with E-state index in [1.54, 1.807) is 6.16 Å². The van der Waals surface area contributed by atoms with E-state index < -0.39 is 0 Å². The van der Waals surface area contributed by atoms with Crippen LogP contribution in [0, 0.1) is 5.92 Å². The summed E-state index contributed by atoms with van der Waals surface area (Å²) in [5.74, 6) is 1.12. The zero-order chi connectivity index (χ0) is 5.82. The first-order valence-corrected chi connectivity index (χ1v) is 5.05. The summed E-state index contributed by atoms with van der Waals surface area (Å²) >= 11 is 0. The zero-order valence-corrected chi connectivity index (χ0v) is 6.61. The van der Waals surface area contributed by atoms with E-state index in [2.05, 4.69) is 6.92 Å². The van der Waals surface area contributed by atoms with Gasteiger partial charge in [0.2, 0.25) is 0 Å². The lowest BCUT2D eigenvalue weighted by Gasteiger charge is -2.03. The molecule has 1 fully saturated rings. The van der Waals surface area contributed by atoms with Gasteiger partial charge in [0, 0.05) is 0 Å². The molecule has 8 heavy (non-hydrogen) atoms. The highest BCUT2D eigenvalue weighted by Crippen LogP contribution is 2.31. The Morgan fingerprint density at radius 3 is 3.00 bits per heavy atom. The summed E-state index contributed by atoms with van der Waals surface area (Å²) in [6.07, 6.45) is 7.51. The molecular weight excluding hydrogens is 115 g/mol. The van der Waals surface area contributed by atoms with Gasteiger partial charge in [-0.2, -0.15) is 0 Å². The van der Waals surface area contributed by atoms with Crippen LogP contribution in [0.4, 0.5) is 0 Å². The molecule has 2 atom stereocenters. The van der Waals surface area contributed by atoms with Gasteiger partial charge in [-0.1, -0.05) is 19.8 Å². The normalized spacial score (nSPS) is 31.9. The van der Waals surface area contributed by atoms with E-state index in [0.29, 0.717) is 0 Å². The molecule has 0 bridgehead atoms. The first-order chi connectivity index (χ1) is 3.93. The Morgan fingerprint density at radius 1 is 1.62 bits per heavy atom. The second-order valence-corrected chi connectivity index (χ2v) is 4.06. The van der Waals surface area contributed by atoms with E-state index in [1.165, 1.54) is 34.0 Å². The van der Waals surface area contributed by atoms with Gasteiger partial charge in [-0.25, -0.2) is 0 Å². The fraction of sp³-hybridized carbons (Fsp3) is 1.00. The lowest BCUT2D eigenvalue weighted by molar-refractivity contribution is 0.538. The van der Waals surface area contributed by atoms with E-state index >= 15 is 0 Å².